The number of carboxylic acid groups (broad SMARTS) is 1. The van der Waals surface area contributed by atoms with Crippen molar-refractivity contribution in [3.05, 3.63) is 47.1 Å². The van der Waals surface area contributed by atoms with Gasteiger partial charge in [-0.25, -0.2) is 4.68 Å². The van der Waals surface area contributed by atoms with E-state index in [1.165, 1.54) is 26.5 Å². The van der Waals surface area contributed by atoms with E-state index in [0.717, 1.165) is 12.8 Å². The van der Waals surface area contributed by atoms with Gasteiger partial charge in [-0.05, 0) is 35.2 Å². The Morgan fingerprint density at radius 1 is 1.28 bits per heavy atom. The maximum atomic E-state index is 11.9. The molecule has 0 bridgehead atoms. The SMILES string of the molecule is O=C(O)Cn1cc(CNC(=O)CCCc2csc3ccccc23)nn1. The van der Waals surface area contributed by atoms with Crippen molar-refractivity contribution in [1.82, 2.24) is 20.3 Å². The van der Waals surface area contributed by atoms with Crippen LogP contribution in [0.3, 0.4) is 0 Å². The van der Waals surface area contributed by atoms with Crippen LogP contribution in [0.1, 0.15) is 24.1 Å². The highest BCUT2D eigenvalue weighted by Crippen LogP contribution is 2.26. The topological polar surface area (TPSA) is 97.1 Å². The Morgan fingerprint density at radius 3 is 2.96 bits per heavy atom. The molecule has 0 spiro atoms. The zero-order valence-corrected chi connectivity index (χ0v) is 14.3. The number of hydrogen-bond donors (Lipinski definition) is 2. The zero-order valence-electron chi connectivity index (χ0n) is 13.5. The summed E-state index contributed by atoms with van der Waals surface area (Å²) in [5.41, 5.74) is 1.82. The van der Waals surface area contributed by atoms with E-state index in [0.29, 0.717) is 12.1 Å². The molecule has 1 aromatic carbocycles. The second kappa shape index (κ2) is 7.89. The number of carbonyl (C=O) groups excluding carboxylic acids is 1. The molecule has 3 aromatic rings. The van der Waals surface area contributed by atoms with Crippen molar-refractivity contribution in [3.8, 4) is 0 Å². The van der Waals surface area contributed by atoms with Gasteiger partial charge in [-0.3, -0.25) is 9.59 Å². The van der Waals surface area contributed by atoms with Gasteiger partial charge < -0.3 is 10.4 Å². The summed E-state index contributed by atoms with van der Waals surface area (Å²) in [5.74, 6) is -1.03. The molecule has 0 aliphatic rings. The molecule has 2 aromatic heterocycles. The van der Waals surface area contributed by atoms with E-state index in [-0.39, 0.29) is 19.0 Å². The minimum absolute atomic E-state index is 0.0488. The number of benzene rings is 1. The summed E-state index contributed by atoms with van der Waals surface area (Å²) in [7, 11) is 0. The Kier molecular flexibility index (Phi) is 5.39. The molecule has 0 aliphatic heterocycles. The van der Waals surface area contributed by atoms with Crippen LogP contribution in [-0.2, 0) is 29.1 Å². The fraction of sp³-hybridized carbons (Fsp3) is 0.294. The number of fused-ring (bicyclic) bond motifs is 1. The van der Waals surface area contributed by atoms with Crippen molar-refractivity contribution in [3.63, 3.8) is 0 Å². The summed E-state index contributed by atoms with van der Waals surface area (Å²) in [6.07, 6.45) is 3.60. The summed E-state index contributed by atoms with van der Waals surface area (Å²) in [6, 6.07) is 8.28. The van der Waals surface area contributed by atoms with E-state index in [4.69, 9.17) is 5.11 Å². The monoisotopic (exact) mass is 358 g/mol. The highest BCUT2D eigenvalue weighted by molar-refractivity contribution is 7.17. The third-order valence-corrected chi connectivity index (χ3v) is 4.77. The highest BCUT2D eigenvalue weighted by atomic mass is 32.1. The smallest absolute Gasteiger partial charge is 0.325 e. The van der Waals surface area contributed by atoms with Crippen LogP contribution in [0, 0.1) is 0 Å². The van der Waals surface area contributed by atoms with E-state index in [9.17, 15) is 9.59 Å². The molecule has 0 saturated carbocycles. The van der Waals surface area contributed by atoms with Gasteiger partial charge >= 0.3 is 5.97 Å². The maximum absolute atomic E-state index is 11.9. The minimum Gasteiger partial charge on any atom is -0.480 e. The first kappa shape index (κ1) is 17.1. The van der Waals surface area contributed by atoms with Gasteiger partial charge in [0.15, 0.2) is 0 Å². The summed E-state index contributed by atoms with van der Waals surface area (Å²) >= 11 is 1.73. The summed E-state index contributed by atoms with van der Waals surface area (Å²) in [5, 5.41) is 22.4. The molecule has 7 nitrogen and oxygen atoms in total. The van der Waals surface area contributed by atoms with Gasteiger partial charge in [0, 0.05) is 11.1 Å². The fourth-order valence-corrected chi connectivity index (χ4v) is 3.58. The molecule has 0 fully saturated rings. The van der Waals surface area contributed by atoms with Gasteiger partial charge in [0.25, 0.3) is 0 Å². The lowest BCUT2D eigenvalue weighted by molar-refractivity contribution is -0.138. The Balaban J connectivity index is 1.42. The molecule has 0 saturated heterocycles. The predicted molar refractivity (Wildman–Crippen MR) is 94.3 cm³/mol. The quantitative estimate of drug-likeness (QED) is 0.643. The van der Waals surface area contributed by atoms with Crippen molar-refractivity contribution < 1.29 is 14.7 Å². The van der Waals surface area contributed by atoms with Gasteiger partial charge in [0.05, 0.1) is 12.7 Å². The number of carbonyl (C=O) groups is 2. The molecule has 130 valence electrons. The Labute approximate surface area is 148 Å². The summed E-state index contributed by atoms with van der Waals surface area (Å²) < 4.78 is 2.50. The lowest BCUT2D eigenvalue weighted by Crippen LogP contribution is -2.22. The van der Waals surface area contributed by atoms with Crippen molar-refractivity contribution in [2.45, 2.75) is 32.4 Å². The Bertz CT molecular complexity index is 887. The summed E-state index contributed by atoms with van der Waals surface area (Å²) in [4.78, 5) is 22.5. The molecule has 2 N–H and O–H groups in total. The molecule has 8 heteroatoms. The number of amides is 1. The van der Waals surface area contributed by atoms with Gasteiger partial charge in [0.1, 0.15) is 12.2 Å². The average molecular weight is 358 g/mol. The number of rotatable bonds is 8. The molecule has 0 unspecified atom stereocenters. The van der Waals surface area contributed by atoms with Crippen LogP contribution < -0.4 is 5.32 Å². The van der Waals surface area contributed by atoms with E-state index in [2.05, 4.69) is 33.1 Å². The van der Waals surface area contributed by atoms with Crippen LogP contribution in [0.2, 0.25) is 0 Å². The zero-order chi connectivity index (χ0) is 17.6. The summed E-state index contributed by atoms with van der Waals surface area (Å²) in [6.45, 7) is 0.00930. The van der Waals surface area contributed by atoms with E-state index < -0.39 is 5.97 Å². The third-order valence-electron chi connectivity index (χ3n) is 3.76. The number of nitrogens with one attached hydrogen (secondary N) is 1. The van der Waals surface area contributed by atoms with Gasteiger partial charge in [-0.15, -0.1) is 16.4 Å². The van der Waals surface area contributed by atoms with Crippen LogP contribution >= 0.6 is 11.3 Å². The van der Waals surface area contributed by atoms with Gasteiger partial charge in [0.2, 0.25) is 5.91 Å². The van der Waals surface area contributed by atoms with E-state index >= 15 is 0 Å². The Hall–Kier alpha value is -2.74. The fourth-order valence-electron chi connectivity index (χ4n) is 2.58. The molecule has 3 rings (SSSR count). The second-order valence-corrected chi connectivity index (χ2v) is 6.60. The molecule has 0 aliphatic carbocycles. The minimum atomic E-state index is -0.985. The van der Waals surface area contributed by atoms with Crippen molar-refractivity contribution in [2.75, 3.05) is 0 Å². The second-order valence-electron chi connectivity index (χ2n) is 5.69. The van der Waals surface area contributed by atoms with Crippen molar-refractivity contribution in [1.29, 1.82) is 0 Å². The van der Waals surface area contributed by atoms with Crippen LogP contribution in [0.4, 0.5) is 0 Å². The normalized spacial score (nSPS) is 10.9. The molecular weight excluding hydrogens is 340 g/mol. The van der Waals surface area contributed by atoms with Gasteiger partial charge in [-0.1, -0.05) is 23.4 Å². The Morgan fingerprint density at radius 2 is 2.12 bits per heavy atom. The maximum Gasteiger partial charge on any atom is 0.325 e. The number of aromatic nitrogens is 3. The molecule has 0 atom stereocenters. The number of aryl methyl sites for hydroxylation is 1. The van der Waals surface area contributed by atoms with Crippen LogP contribution in [0.5, 0.6) is 0 Å². The molecular formula is C17H18N4O3S. The van der Waals surface area contributed by atoms with Crippen molar-refractivity contribution in [2.24, 2.45) is 0 Å². The first-order chi connectivity index (χ1) is 12.1. The molecule has 1 amide bonds. The number of thiophene rings is 1. The van der Waals surface area contributed by atoms with Crippen molar-refractivity contribution >= 4 is 33.3 Å². The predicted octanol–water partition coefficient (Wildman–Crippen LogP) is 2.22. The molecule has 2 heterocycles. The third kappa shape index (κ3) is 4.63. The number of aliphatic carboxylic acids is 1. The van der Waals surface area contributed by atoms with E-state index in [1.54, 1.807) is 11.3 Å². The number of carboxylic acids is 1. The molecule has 0 radical (unpaired) electrons. The van der Waals surface area contributed by atoms with Gasteiger partial charge in [-0.2, -0.15) is 0 Å². The lowest BCUT2D eigenvalue weighted by atomic mass is 10.1. The number of hydrogen-bond acceptors (Lipinski definition) is 5. The lowest BCUT2D eigenvalue weighted by Gasteiger charge is -2.03. The van der Waals surface area contributed by atoms with Crippen LogP contribution in [0.15, 0.2) is 35.8 Å². The number of nitrogens with zero attached hydrogens (tertiary/aromatic N) is 3. The standard InChI is InChI=1S/C17H18N4O3S/c22-16(18-8-13-9-21(20-19-13)10-17(23)24)7-3-4-12-11-25-15-6-2-1-5-14(12)15/h1-2,5-6,9,11H,3-4,7-8,10H2,(H,18,22)(H,23,24). The van der Waals surface area contributed by atoms with Crippen LogP contribution in [-0.4, -0.2) is 32.0 Å². The van der Waals surface area contributed by atoms with Crippen LogP contribution in [0.25, 0.3) is 10.1 Å². The largest absolute Gasteiger partial charge is 0.480 e. The average Bonchev–Trinajstić information content (AvgIpc) is 3.20. The highest BCUT2D eigenvalue weighted by Gasteiger charge is 2.08. The first-order valence-electron chi connectivity index (χ1n) is 7.94. The van der Waals surface area contributed by atoms with E-state index in [1.807, 2.05) is 12.1 Å². The first-order valence-corrected chi connectivity index (χ1v) is 8.82. The molecule has 25 heavy (non-hydrogen) atoms.